The highest BCUT2D eigenvalue weighted by Gasteiger charge is 2.20. The van der Waals surface area contributed by atoms with E-state index >= 15 is 0 Å². The van der Waals surface area contributed by atoms with Gasteiger partial charge >= 0.3 is 0 Å². The standard InChI is InChI=1S/C34H26N2S/c1-21-13-14-25-19-32-28(18-26(25)15-21)29(20-37-32)34-35-30-11-7-8-12-31(30)36(34)33-22(2)16-27(17-23(33)3)24-9-5-4-6-10-24/h4-20H,1-3H3. The van der Waals surface area contributed by atoms with Gasteiger partial charge in [-0.2, -0.15) is 0 Å². The fourth-order valence-electron chi connectivity index (χ4n) is 5.60. The SMILES string of the molecule is Cc1ccc2cc3scc(-c4nc5ccccc5n4-c4c(C)cc(-c5ccccc5)cc4C)c3cc2c1. The highest BCUT2D eigenvalue weighted by Crippen LogP contribution is 2.40. The lowest BCUT2D eigenvalue weighted by Gasteiger charge is -2.17. The van der Waals surface area contributed by atoms with E-state index in [4.69, 9.17) is 4.98 Å². The number of fused-ring (bicyclic) bond motifs is 3. The van der Waals surface area contributed by atoms with Crippen molar-refractivity contribution in [1.29, 1.82) is 0 Å². The maximum absolute atomic E-state index is 5.21. The molecule has 0 saturated carbocycles. The van der Waals surface area contributed by atoms with Crippen LogP contribution >= 0.6 is 11.3 Å². The Bertz CT molecular complexity index is 1930. The molecule has 0 fully saturated rings. The first-order chi connectivity index (χ1) is 18.1. The monoisotopic (exact) mass is 494 g/mol. The minimum atomic E-state index is 0.998. The van der Waals surface area contributed by atoms with Crippen LogP contribution in [0, 0.1) is 20.8 Å². The van der Waals surface area contributed by atoms with Gasteiger partial charge in [-0.1, -0.05) is 66.2 Å². The van der Waals surface area contributed by atoms with E-state index < -0.39 is 0 Å². The highest BCUT2D eigenvalue weighted by atomic mass is 32.1. The van der Waals surface area contributed by atoms with Crippen LogP contribution in [0.15, 0.2) is 102 Å². The molecular formula is C34H26N2S. The molecule has 0 aliphatic heterocycles. The molecular weight excluding hydrogens is 468 g/mol. The van der Waals surface area contributed by atoms with Gasteiger partial charge in [0, 0.05) is 21.0 Å². The van der Waals surface area contributed by atoms with E-state index in [0.717, 1.165) is 16.9 Å². The number of nitrogens with zero attached hydrogens (tertiary/aromatic N) is 2. The zero-order valence-corrected chi connectivity index (χ0v) is 21.9. The Morgan fingerprint density at radius 1 is 0.676 bits per heavy atom. The van der Waals surface area contributed by atoms with Crippen molar-refractivity contribution in [2.75, 3.05) is 0 Å². The van der Waals surface area contributed by atoms with Crippen LogP contribution < -0.4 is 0 Å². The number of benzene rings is 5. The normalized spacial score (nSPS) is 11.6. The lowest BCUT2D eigenvalue weighted by Crippen LogP contribution is -2.03. The maximum Gasteiger partial charge on any atom is 0.147 e. The van der Waals surface area contributed by atoms with Gasteiger partial charge in [0.1, 0.15) is 5.82 Å². The van der Waals surface area contributed by atoms with Gasteiger partial charge in [0.15, 0.2) is 0 Å². The Kier molecular flexibility index (Phi) is 5.02. The van der Waals surface area contributed by atoms with E-state index in [2.05, 4.69) is 128 Å². The van der Waals surface area contributed by atoms with Crippen molar-refractivity contribution < 1.29 is 0 Å². The fourth-order valence-corrected chi connectivity index (χ4v) is 6.57. The van der Waals surface area contributed by atoms with E-state index in [-0.39, 0.29) is 0 Å². The van der Waals surface area contributed by atoms with Crippen molar-refractivity contribution in [2.24, 2.45) is 0 Å². The summed E-state index contributed by atoms with van der Waals surface area (Å²) in [5, 5.41) is 6.09. The summed E-state index contributed by atoms with van der Waals surface area (Å²) in [6, 6.07) is 35.0. The van der Waals surface area contributed by atoms with Crippen LogP contribution in [0.5, 0.6) is 0 Å². The zero-order chi connectivity index (χ0) is 25.1. The predicted octanol–water partition coefficient (Wildman–Crippen LogP) is 9.65. The molecule has 7 aromatic rings. The molecule has 0 atom stereocenters. The number of hydrogen-bond donors (Lipinski definition) is 0. The third-order valence-corrected chi connectivity index (χ3v) is 8.26. The van der Waals surface area contributed by atoms with Gasteiger partial charge in [0.25, 0.3) is 0 Å². The number of rotatable bonds is 3. The van der Waals surface area contributed by atoms with Crippen LogP contribution in [0.3, 0.4) is 0 Å². The number of para-hydroxylation sites is 2. The van der Waals surface area contributed by atoms with E-state index in [0.29, 0.717) is 0 Å². The van der Waals surface area contributed by atoms with Crippen molar-refractivity contribution in [3.8, 4) is 28.2 Å². The van der Waals surface area contributed by atoms with Crippen LogP contribution in [0.2, 0.25) is 0 Å². The Hall–Kier alpha value is -4.21. The van der Waals surface area contributed by atoms with Gasteiger partial charge in [-0.15, -0.1) is 11.3 Å². The summed E-state index contributed by atoms with van der Waals surface area (Å²) >= 11 is 1.80. The van der Waals surface area contributed by atoms with Crippen LogP contribution in [-0.2, 0) is 0 Å². The van der Waals surface area contributed by atoms with E-state index in [1.54, 1.807) is 11.3 Å². The summed E-state index contributed by atoms with van der Waals surface area (Å²) < 4.78 is 3.66. The molecule has 0 aliphatic carbocycles. The van der Waals surface area contributed by atoms with E-state index in [9.17, 15) is 0 Å². The second-order valence-electron chi connectivity index (χ2n) is 9.93. The van der Waals surface area contributed by atoms with Gasteiger partial charge in [-0.05, 0) is 90.2 Å². The minimum Gasteiger partial charge on any atom is -0.292 e. The minimum absolute atomic E-state index is 0.998. The van der Waals surface area contributed by atoms with Gasteiger partial charge in [-0.25, -0.2) is 4.98 Å². The summed E-state index contributed by atoms with van der Waals surface area (Å²) in [5.74, 6) is 0.998. The number of thiophene rings is 1. The van der Waals surface area contributed by atoms with Crippen LogP contribution in [0.4, 0.5) is 0 Å². The second kappa shape index (κ2) is 8.43. The van der Waals surface area contributed by atoms with Crippen molar-refractivity contribution >= 4 is 43.2 Å². The summed E-state index contributed by atoms with van der Waals surface area (Å²) in [5.41, 5.74) is 10.8. The smallest absolute Gasteiger partial charge is 0.147 e. The van der Waals surface area contributed by atoms with Crippen LogP contribution in [0.1, 0.15) is 16.7 Å². The molecule has 2 aromatic heterocycles. The van der Waals surface area contributed by atoms with Crippen molar-refractivity contribution in [3.63, 3.8) is 0 Å². The van der Waals surface area contributed by atoms with Crippen LogP contribution in [-0.4, -0.2) is 9.55 Å². The van der Waals surface area contributed by atoms with E-state index in [1.165, 1.54) is 59.9 Å². The molecule has 0 saturated heterocycles. The van der Waals surface area contributed by atoms with Crippen LogP contribution in [0.25, 0.3) is 60.1 Å². The third-order valence-electron chi connectivity index (χ3n) is 7.31. The topological polar surface area (TPSA) is 17.8 Å². The molecule has 3 heteroatoms. The molecule has 0 unspecified atom stereocenters. The lowest BCUT2D eigenvalue weighted by molar-refractivity contribution is 1.07. The molecule has 0 bridgehead atoms. The molecule has 37 heavy (non-hydrogen) atoms. The fraction of sp³-hybridized carbons (Fsp3) is 0.0882. The predicted molar refractivity (Wildman–Crippen MR) is 159 cm³/mol. The average Bonchev–Trinajstić information content (AvgIpc) is 3.48. The van der Waals surface area contributed by atoms with Gasteiger partial charge in [0.2, 0.25) is 0 Å². The summed E-state index contributed by atoms with van der Waals surface area (Å²) in [6.07, 6.45) is 0. The van der Waals surface area contributed by atoms with Gasteiger partial charge < -0.3 is 0 Å². The van der Waals surface area contributed by atoms with E-state index in [1.807, 2.05) is 0 Å². The Morgan fingerprint density at radius 3 is 2.24 bits per heavy atom. The molecule has 5 aromatic carbocycles. The molecule has 0 radical (unpaired) electrons. The second-order valence-corrected chi connectivity index (χ2v) is 10.8. The Morgan fingerprint density at radius 2 is 1.43 bits per heavy atom. The van der Waals surface area contributed by atoms with Gasteiger partial charge in [-0.3, -0.25) is 4.57 Å². The molecule has 0 amide bonds. The highest BCUT2D eigenvalue weighted by molar-refractivity contribution is 7.17. The molecule has 178 valence electrons. The Labute approximate surface area is 220 Å². The first-order valence-electron chi connectivity index (χ1n) is 12.6. The Balaban J connectivity index is 1.50. The average molecular weight is 495 g/mol. The first kappa shape index (κ1) is 22.0. The lowest BCUT2D eigenvalue weighted by atomic mass is 9.98. The molecule has 0 N–H and O–H groups in total. The first-order valence-corrected chi connectivity index (χ1v) is 13.5. The molecule has 0 aliphatic rings. The van der Waals surface area contributed by atoms with Gasteiger partial charge in [0.05, 0.1) is 16.7 Å². The number of hydrogen-bond acceptors (Lipinski definition) is 2. The number of aryl methyl sites for hydroxylation is 3. The molecule has 0 spiro atoms. The van der Waals surface area contributed by atoms with Crippen molar-refractivity contribution in [3.05, 3.63) is 119 Å². The summed E-state index contributed by atoms with van der Waals surface area (Å²) in [6.45, 7) is 6.59. The third kappa shape index (κ3) is 3.58. The molecule has 7 rings (SSSR count). The molecule has 2 heterocycles. The largest absolute Gasteiger partial charge is 0.292 e. The quantitative estimate of drug-likeness (QED) is 0.239. The zero-order valence-electron chi connectivity index (χ0n) is 21.1. The number of aromatic nitrogens is 2. The summed E-state index contributed by atoms with van der Waals surface area (Å²) in [7, 11) is 0. The van der Waals surface area contributed by atoms with Crippen molar-refractivity contribution in [1.82, 2.24) is 9.55 Å². The number of imidazole rings is 1. The maximum atomic E-state index is 5.21. The summed E-state index contributed by atoms with van der Waals surface area (Å²) in [4.78, 5) is 5.21. The van der Waals surface area contributed by atoms with Crippen molar-refractivity contribution in [2.45, 2.75) is 20.8 Å². The molecule has 2 nitrogen and oxygen atoms in total.